The summed E-state index contributed by atoms with van der Waals surface area (Å²) in [4.78, 5) is 55.2. The predicted molar refractivity (Wildman–Crippen MR) is 125 cm³/mol. The van der Waals surface area contributed by atoms with Gasteiger partial charge in [-0.05, 0) is 31.9 Å². The van der Waals surface area contributed by atoms with Gasteiger partial charge in [0, 0.05) is 26.1 Å². The average Bonchev–Trinajstić information content (AvgIpc) is 3.18. The Bertz CT molecular complexity index is 1110. The van der Waals surface area contributed by atoms with Crippen molar-refractivity contribution in [2.24, 2.45) is 0 Å². The third-order valence-corrected chi connectivity index (χ3v) is 5.52. The number of nitrogens with two attached hydrogens (primary N) is 1. The summed E-state index contributed by atoms with van der Waals surface area (Å²) < 4.78 is 1.33. The molecule has 10 heteroatoms. The second-order valence-electron chi connectivity index (χ2n) is 7.73. The summed E-state index contributed by atoms with van der Waals surface area (Å²) >= 11 is 0. The SMILES string of the molecule is CCCCn1c(N)c(N(CC)CC(=O)Nc2ccccc2N2CCCC2=O)c(=O)[nH]c1=O. The molecule has 0 unspecified atom stereocenters. The van der Waals surface area contributed by atoms with E-state index in [-0.39, 0.29) is 29.9 Å². The van der Waals surface area contributed by atoms with E-state index in [9.17, 15) is 19.2 Å². The largest absolute Gasteiger partial charge is 0.383 e. The Kier molecular flexibility index (Phi) is 7.34. The number of nitrogens with one attached hydrogen (secondary N) is 2. The van der Waals surface area contributed by atoms with Gasteiger partial charge in [0.1, 0.15) is 11.5 Å². The van der Waals surface area contributed by atoms with E-state index in [0.29, 0.717) is 37.4 Å². The molecule has 4 N–H and O–H groups in total. The summed E-state index contributed by atoms with van der Waals surface area (Å²) in [6, 6.07) is 7.13. The predicted octanol–water partition coefficient (Wildman–Crippen LogP) is 1.51. The summed E-state index contributed by atoms with van der Waals surface area (Å²) in [6.45, 7) is 4.97. The second kappa shape index (κ2) is 10.2. The van der Waals surface area contributed by atoms with Gasteiger partial charge >= 0.3 is 5.69 Å². The Labute approximate surface area is 186 Å². The molecule has 0 saturated carbocycles. The number of rotatable bonds is 9. The number of amides is 2. The van der Waals surface area contributed by atoms with E-state index in [0.717, 1.165) is 19.3 Å². The lowest BCUT2D eigenvalue weighted by Gasteiger charge is -2.25. The fourth-order valence-electron chi connectivity index (χ4n) is 3.85. The zero-order valence-corrected chi connectivity index (χ0v) is 18.5. The van der Waals surface area contributed by atoms with Gasteiger partial charge in [0.25, 0.3) is 5.56 Å². The van der Waals surface area contributed by atoms with E-state index in [1.165, 1.54) is 9.47 Å². The Hall–Kier alpha value is -3.56. The highest BCUT2D eigenvalue weighted by atomic mass is 16.2. The average molecular weight is 443 g/mol. The van der Waals surface area contributed by atoms with Crippen molar-refractivity contribution in [3.05, 3.63) is 45.1 Å². The summed E-state index contributed by atoms with van der Waals surface area (Å²) in [5, 5.41) is 2.85. The van der Waals surface area contributed by atoms with Crippen molar-refractivity contribution in [3.8, 4) is 0 Å². The number of nitrogens with zero attached hydrogens (tertiary/aromatic N) is 3. The first-order valence-electron chi connectivity index (χ1n) is 10.9. The number of aromatic amines is 1. The Balaban J connectivity index is 1.83. The first-order chi connectivity index (χ1) is 15.4. The molecule has 1 aromatic heterocycles. The van der Waals surface area contributed by atoms with Crippen LogP contribution >= 0.6 is 0 Å². The van der Waals surface area contributed by atoms with Gasteiger partial charge in [0.15, 0.2) is 0 Å². The standard InChI is InChI=1S/C22H30N6O4/c1-3-5-12-28-20(23)19(21(31)25-22(28)32)26(4-2)14-17(29)24-15-9-6-7-10-16(15)27-13-8-11-18(27)30/h6-7,9-10H,3-5,8,11-14,23H2,1-2H3,(H,24,29)(H,25,31,32). The van der Waals surface area contributed by atoms with Crippen LogP contribution in [-0.2, 0) is 16.1 Å². The molecular formula is C22H30N6O4. The van der Waals surface area contributed by atoms with E-state index in [4.69, 9.17) is 5.73 Å². The fourth-order valence-corrected chi connectivity index (χ4v) is 3.85. The van der Waals surface area contributed by atoms with Crippen molar-refractivity contribution in [3.63, 3.8) is 0 Å². The first-order valence-corrected chi connectivity index (χ1v) is 10.9. The molecule has 172 valence electrons. The highest BCUT2D eigenvalue weighted by Crippen LogP contribution is 2.29. The topological polar surface area (TPSA) is 134 Å². The number of anilines is 4. The summed E-state index contributed by atoms with van der Waals surface area (Å²) in [5.41, 5.74) is 6.27. The van der Waals surface area contributed by atoms with Crippen molar-refractivity contribution in [1.29, 1.82) is 0 Å². The molecule has 1 aliphatic rings. The first kappa shape index (κ1) is 23.1. The number of nitrogen functional groups attached to an aromatic ring is 1. The van der Waals surface area contributed by atoms with Crippen LogP contribution in [-0.4, -0.2) is 41.0 Å². The van der Waals surface area contributed by atoms with Crippen LogP contribution < -0.4 is 32.1 Å². The number of likely N-dealkylation sites (N-methyl/N-ethyl adjacent to an activating group) is 1. The molecule has 0 spiro atoms. The molecule has 1 aromatic carbocycles. The third kappa shape index (κ3) is 4.84. The lowest BCUT2D eigenvalue weighted by molar-refractivity contribution is -0.117. The zero-order valence-electron chi connectivity index (χ0n) is 18.5. The molecule has 10 nitrogen and oxygen atoms in total. The van der Waals surface area contributed by atoms with E-state index < -0.39 is 11.2 Å². The third-order valence-electron chi connectivity index (χ3n) is 5.52. The minimum absolute atomic E-state index is 0.0236. The van der Waals surface area contributed by atoms with Crippen LogP contribution in [0.1, 0.15) is 39.5 Å². The number of aromatic nitrogens is 2. The molecule has 1 saturated heterocycles. The van der Waals surface area contributed by atoms with Crippen molar-refractivity contribution in [1.82, 2.24) is 9.55 Å². The molecule has 2 heterocycles. The van der Waals surface area contributed by atoms with E-state index in [1.54, 1.807) is 30.0 Å². The van der Waals surface area contributed by atoms with Gasteiger partial charge in [0.2, 0.25) is 11.8 Å². The zero-order chi connectivity index (χ0) is 23.3. The summed E-state index contributed by atoms with van der Waals surface area (Å²) in [7, 11) is 0. The number of carbonyl (C=O) groups is 2. The smallest absolute Gasteiger partial charge is 0.330 e. The molecule has 2 amide bonds. The number of para-hydroxylation sites is 2. The van der Waals surface area contributed by atoms with Gasteiger partial charge in [-0.15, -0.1) is 0 Å². The molecule has 1 fully saturated rings. The van der Waals surface area contributed by atoms with Gasteiger partial charge in [-0.25, -0.2) is 4.79 Å². The Morgan fingerprint density at radius 2 is 1.97 bits per heavy atom. The van der Waals surface area contributed by atoms with Crippen molar-refractivity contribution in [2.75, 3.05) is 40.5 Å². The number of unbranched alkanes of at least 4 members (excludes halogenated alkanes) is 1. The van der Waals surface area contributed by atoms with E-state index in [1.807, 2.05) is 13.0 Å². The molecule has 0 radical (unpaired) electrons. The van der Waals surface area contributed by atoms with Crippen LogP contribution in [0.3, 0.4) is 0 Å². The number of hydrogen-bond acceptors (Lipinski definition) is 6. The summed E-state index contributed by atoms with van der Waals surface area (Å²) in [5.74, 6) is -0.295. The Morgan fingerprint density at radius 1 is 1.22 bits per heavy atom. The van der Waals surface area contributed by atoms with Crippen molar-refractivity contribution < 1.29 is 9.59 Å². The highest BCUT2D eigenvalue weighted by Gasteiger charge is 2.25. The molecule has 1 aliphatic heterocycles. The highest BCUT2D eigenvalue weighted by molar-refractivity contribution is 6.03. The van der Waals surface area contributed by atoms with E-state index in [2.05, 4.69) is 10.3 Å². The molecular weight excluding hydrogens is 412 g/mol. The maximum absolute atomic E-state index is 12.9. The van der Waals surface area contributed by atoms with Gasteiger partial charge < -0.3 is 20.9 Å². The van der Waals surface area contributed by atoms with Crippen LogP contribution in [0.5, 0.6) is 0 Å². The lowest BCUT2D eigenvalue weighted by atomic mass is 10.2. The van der Waals surface area contributed by atoms with Crippen LogP contribution in [0.25, 0.3) is 0 Å². The van der Waals surface area contributed by atoms with Gasteiger partial charge in [-0.2, -0.15) is 0 Å². The molecule has 0 atom stereocenters. The molecule has 3 rings (SSSR count). The van der Waals surface area contributed by atoms with Crippen LogP contribution in [0, 0.1) is 0 Å². The maximum atomic E-state index is 12.9. The maximum Gasteiger partial charge on any atom is 0.330 e. The molecule has 0 aliphatic carbocycles. The number of H-pyrrole nitrogens is 1. The second-order valence-corrected chi connectivity index (χ2v) is 7.73. The van der Waals surface area contributed by atoms with Crippen LogP contribution in [0.2, 0.25) is 0 Å². The molecule has 0 bridgehead atoms. The van der Waals surface area contributed by atoms with Crippen molar-refractivity contribution >= 4 is 34.7 Å². The fraction of sp³-hybridized carbons (Fsp3) is 0.455. The minimum Gasteiger partial charge on any atom is -0.383 e. The van der Waals surface area contributed by atoms with Crippen LogP contribution in [0.4, 0.5) is 22.9 Å². The Morgan fingerprint density at radius 3 is 2.62 bits per heavy atom. The monoisotopic (exact) mass is 442 g/mol. The number of benzene rings is 1. The number of hydrogen-bond donors (Lipinski definition) is 3. The quantitative estimate of drug-likeness (QED) is 0.539. The van der Waals surface area contributed by atoms with Gasteiger partial charge in [-0.3, -0.25) is 23.9 Å². The van der Waals surface area contributed by atoms with Crippen LogP contribution in [0.15, 0.2) is 33.9 Å². The minimum atomic E-state index is -0.627. The summed E-state index contributed by atoms with van der Waals surface area (Å²) in [6.07, 6.45) is 2.86. The van der Waals surface area contributed by atoms with Gasteiger partial charge in [-0.1, -0.05) is 25.5 Å². The molecule has 32 heavy (non-hydrogen) atoms. The lowest BCUT2D eigenvalue weighted by Crippen LogP contribution is -2.41. The molecule has 2 aromatic rings. The van der Waals surface area contributed by atoms with E-state index >= 15 is 0 Å². The normalized spacial score (nSPS) is 13.4. The van der Waals surface area contributed by atoms with Crippen molar-refractivity contribution in [2.45, 2.75) is 46.1 Å². The number of carbonyl (C=O) groups excluding carboxylic acids is 2. The van der Waals surface area contributed by atoms with Gasteiger partial charge in [0.05, 0.1) is 17.9 Å².